The van der Waals surface area contributed by atoms with Crippen molar-refractivity contribution in [2.75, 3.05) is 6.61 Å². The van der Waals surface area contributed by atoms with Gasteiger partial charge in [-0.1, -0.05) is 6.07 Å². The number of hydrogen-bond donors (Lipinski definition) is 2. The SMILES string of the molecule is CC(CO)NC1CCCc2ccc(F)cc21. The van der Waals surface area contributed by atoms with Gasteiger partial charge in [0.1, 0.15) is 5.82 Å². The number of benzene rings is 1. The summed E-state index contributed by atoms with van der Waals surface area (Å²) in [6.07, 6.45) is 3.16. The van der Waals surface area contributed by atoms with Gasteiger partial charge in [-0.05, 0) is 49.4 Å². The average Bonchev–Trinajstić information content (AvgIpc) is 2.29. The fourth-order valence-electron chi connectivity index (χ4n) is 2.34. The Labute approximate surface area is 95.5 Å². The molecule has 1 aliphatic carbocycles. The van der Waals surface area contributed by atoms with Gasteiger partial charge < -0.3 is 10.4 Å². The van der Waals surface area contributed by atoms with Crippen LogP contribution >= 0.6 is 0 Å². The number of hydrogen-bond acceptors (Lipinski definition) is 2. The van der Waals surface area contributed by atoms with E-state index in [2.05, 4.69) is 5.32 Å². The summed E-state index contributed by atoms with van der Waals surface area (Å²) in [6.45, 7) is 2.05. The molecule has 2 N–H and O–H groups in total. The standard InChI is InChI=1S/C13H18FNO/c1-9(8-16)15-13-4-2-3-10-5-6-11(14)7-12(10)13/h5-7,9,13,15-16H,2-4,8H2,1H3. The van der Waals surface area contributed by atoms with Crippen LogP contribution in [0.1, 0.15) is 36.9 Å². The molecule has 0 heterocycles. The molecular formula is C13H18FNO. The molecule has 0 aromatic heterocycles. The molecule has 0 spiro atoms. The summed E-state index contributed by atoms with van der Waals surface area (Å²) in [7, 11) is 0. The van der Waals surface area contributed by atoms with Crippen LogP contribution in [0.25, 0.3) is 0 Å². The Hall–Kier alpha value is -0.930. The van der Waals surface area contributed by atoms with Gasteiger partial charge in [0.05, 0.1) is 6.61 Å². The first-order chi connectivity index (χ1) is 7.70. The van der Waals surface area contributed by atoms with Gasteiger partial charge in [0, 0.05) is 12.1 Å². The number of aryl methyl sites for hydroxylation is 1. The van der Waals surface area contributed by atoms with E-state index >= 15 is 0 Å². The van der Waals surface area contributed by atoms with Gasteiger partial charge in [0.15, 0.2) is 0 Å². The first-order valence-electron chi connectivity index (χ1n) is 5.86. The summed E-state index contributed by atoms with van der Waals surface area (Å²) in [5.74, 6) is -0.177. The lowest BCUT2D eigenvalue weighted by atomic mass is 9.87. The third kappa shape index (κ3) is 2.42. The molecule has 2 unspecified atom stereocenters. The van der Waals surface area contributed by atoms with Crippen LogP contribution in [-0.4, -0.2) is 17.8 Å². The van der Waals surface area contributed by atoms with Crippen LogP contribution in [0.5, 0.6) is 0 Å². The van der Waals surface area contributed by atoms with Gasteiger partial charge in [-0.3, -0.25) is 0 Å². The van der Waals surface area contributed by atoms with E-state index in [4.69, 9.17) is 5.11 Å². The maximum atomic E-state index is 13.2. The second-order valence-corrected chi connectivity index (χ2v) is 4.54. The Morgan fingerprint density at radius 1 is 1.56 bits per heavy atom. The quantitative estimate of drug-likeness (QED) is 0.823. The molecule has 2 nitrogen and oxygen atoms in total. The van der Waals surface area contributed by atoms with Gasteiger partial charge in [0.25, 0.3) is 0 Å². The predicted molar refractivity (Wildman–Crippen MR) is 61.8 cm³/mol. The molecule has 2 rings (SSSR count). The van der Waals surface area contributed by atoms with Crippen molar-refractivity contribution in [2.24, 2.45) is 0 Å². The lowest BCUT2D eigenvalue weighted by Gasteiger charge is -2.28. The molecule has 1 aliphatic rings. The summed E-state index contributed by atoms with van der Waals surface area (Å²) in [5.41, 5.74) is 2.29. The van der Waals surface area contributed by atoms with Crippen molar-refractivity contribution >= 4 is 0 Å². The Morgan fingerprint density at radius 3 is 3.12 bits per heavy atom. The Morgan fingerprint density at radius 2 is 2.38 bits per heavy atom. The van der Waals surface area contributed by atoms with Crippen molar-refractivity contribution in [3.8, 4) is 0 Å². The molecule has 3 heteroatoms. The van der Waals surface area contributed by atoms with E-state index in [9.17, 15) is 4.39 Å². The minimum atomic E-state index is -0.177. The minimum absolute atomic E-state index is 0.0548. The van der Waals surface area contributed by atoms with E-state index in [-0.39, 0.29) is 24.5 Å². The van der Waals surface area contributed by atoms with Crippen molar-refractivity contribution in [1.82, 2.24) is 5.32 Å². The van der Waals surface area contributed by atoms with Crippen LogP contribution in [0, 0.1) is 5.82 Å². The summed E-state index contributed by atoms with van der Waals surface area (Å²) in [4.78, 5) is 0. The molecule has 2 atom stereocenters. The molecule has 0 bridgehead atoms. The summed E-state index contributed by atoms with van der Waals surface area (Å²) in [6, 6.07) is 5.26. The van der Waals surface area contributed by atoms with Crippen LogP contribution in [-0.2, 0) is 6.42 Å². The Balaban J connectivity index is 2.21. The van der Waals surface area contributed by atoms with Crippen molar-refractivity contribution in [1.29, 1.82) is 0 Å². The molecule has 1 aromatic rings. The highest BCUT2D eigenvalue weighted by Gasteiger charge is 2.21. The summed E-state index contributed by atoms with van der Waals surface area (Å²) in [5, 5.41) is 12.4. The van der Waals surface area contributed by atoms with E-state index in [1.165, 1.54) is 11.6 Å². The highest BCUT2D eigenvalue weighted by atomic mass is 19.1. The Kier molecular flexibility index (Phi) is 3.56. The molecule has 88 valence electrons. The van der Waals surface area contributed by atoms with Crippen molar-refractivity contribution in [3.05, 3.63) is 35.1 Å². The zero-order valence-electron chi connectivity index (χ0n) is 9.54. The molecule has 0 amide bonds. The van der Waals surface area contributed by atoms with Gasteiger partial charge >= 0.3 is 0 Å². The van der Waals surface area contributed by atoms with Gasteiger partial charge in [-0.2, -0.15) is 0 Å². The number of rotatable bonds is 3. The van der Waals surface area contributed by atoms with E-state index < -0.39 is 0 Å². The molecular weight excluding hydrogens is 205 g/mol. The fraction of sp³-hybridized carbons (Fsp3) is 0.538. The number of halogens is 1. The van der Waals surface area contributed by atoms with Crippen LogP contribution in [0.2, 0.25) is 0 Å². The first kappa shape index (κ1) is 11.6. The van der Waals surface area contributed by atoms with Crippen molar-refractivity contribution in [3.63, 3.8) is 0 Å². The van der Waals surface area contributed by atoms with Crippen molar-refractivity contribution in [2.45, 2.75) is 38.3 Å². The van der Waals surface area contributed by atoms with Crippen molar-refractivity contribution < 1.29 is 9.50 Å². The van der Waals surface area contributed by atoms with E-state index in [0.29, 0.717) is 0 Å². The van der Waals surface area contributed by atoms with Gasteiger partial charge in [-0.15, -0.1) is 0 Å². The van der Waals surface area contributed by atoms with Crippen LogP contribution < -0.4 is 5.32 Å². The molecule has 16 heavy (non-hydrogen) atoms. The maximum absolute atomic E-state index is 13.2. The maximum Gasteiger partial charge on any atom is 0.123 e. The van der Waals surface area contributed by atoms with Crippen LogP contribution in [0.15, 0.2) is 18.2 Å². The molecule has 0 aliphatic heterocycles. The highest BCUT2D eigenvalue weighted by Crippen LogP contribution is 2.30. The summed E-state index contributed by atoms with van der Waals surface area (Å²) >= 11 is 0. The van der Waals surface area contributed by atoms with E-state index in [1.807, 2.05) is 13.0 Å². The number of aliphatic hydroxyl groups is 1. The second kappa shape index (κ2) is 4.93. The van der Waals surface area contributed by atoms with Gasteiger partial charge in [-0.25, -0.2) is 4.39 Å². The highest BCUT2D eigenvalue weighted by molar-refractivity contribution is 5.32. The largest absolute Gasteiger partial charge is 0.395 e. The Bertz CT molecular complexity index is 367. The summed E-state index contributed by atoms with van der Waals surface area (Å²) < 4.78 is 13.2. The molecule has 0 fully saturated rings. The lowest BCUT2D eigenvalue weighted by Crippen LogP contribution is -2.35. The van der Waals surface area contributed by atoms with E-state index in [1.54, 1.807) is 6.07 Å². The molecule has 0 radical (unpaired) electrons. The van der Waals surface area contributed by atoms with E-state index in [0.717, 1.165) is 24.8 Å². The number of aliphatic hydroxyl groups excluding tert-OH is 1. The third-order valence-corrected chi connectivity index (χ3v) is 3.18. The predicted octanol–water partition coefficient (Wildman–Crippen LogP) is 2.17. The normalized spacial score (nSPS) is 21.6. The zero-order valence-corrected chi connectivity index (χ0v) is 9.54. The zero-order chi connectivity index (χ0) is 11.5. The number of nitrogens with one attached hydrogen (secondary N) is 1. The average molecular weight is 223 g/mol. The molecule has 0 saturated carbocycles. The first-order valence-corrected chi connectivity index (χ1v) is 5.86. The minimum Gasteiger partial charge on any atom is -0.395 e. The molecule has 1 aromatic carbocycles. The molecule has 0 saturated heterocycles. The van der Waals surface area contributed by atoms with Crippen LogP contribution in [0.3, 0.4) is 0 Å². The monoisotopic (exact) mass is 223 g/mol. The topological polar surface area (TPSA) is 32.3 Å². The smallest absolute Gasteiger partial charge is 0.123 e. The fourth-order valence-corrected chi connectivity index (χ4v) is 2.34. The second-order valence-electron chi connectivity index (χ2n) is 4.54. The van der Waals surface area contributed by atoms with Crippen LogP contribution in [0.4, 0.5) is 4.39 Å². The lowest BCUT2D eigenvalue weighted by molar-refractivity contribution is 0.236. The van der Waals surface area contributed by atoms with Gasteiger partial charge in [0.2, 0.25) is 0 Å². The third-order valence-electron chi connectivity index (χ3n) is 3.18. The number of fused-ring (bicyclic) bond motifs is 1.